The van der Waals surface area contributed by atoms with E-state index in [-0.39, 0.29) is 11.4 Å². The van der Waals surface area contributed by atoms with Crippen LogP contribution in [0.5, 0.6) is 0 Å². The van der Waals surface area contributed by atoms with Crippen LogP contribution in [0.25, 0.3) is 0 Å². The summed E-state index contributed by atoms with van der Waals surface area (Å²) in [6.45, 7) is 1.75. The summed E-state index contributed by atoms with van der Waals surface area (Å²) >= 11 is 3.09. The lowest BCUT2D eigenvalue weighted by molar-refractivity contribution is 0.544. The monoisotopic (exact) mass is 310 g/mol. The van der Waals surface area contributed by atoms with Gasteiger partial charge in [0.1, 0.15) is 10.7 Å². The van der Waals surface area contributed by atoms with Gasteiger partial charge in [-0.05, 0) is 25.1 Å². The molecule has 0 aliphatic rings. The van der Waals surface area contributed by atoms with Gasteiger partial charge in [0, 0.05) is 17.1 Å². The minimum absolute atomic E-state index is 0.148. The molecule has 0 spiro atoms. The standard InChI is InChI=1S/C9H12BrFN2O2S/c1-6(5-12)13-16(14,15)9-4-7(10)2-3-8(9)11/h2-4,6,13H,5,12H2,1H3/t6-/m0/s1. The molecule has 4 nitrogen and oxygen atoms in total. The van der Waals surface area contributed by atoms with E-state index in [1.807, 2.05) is 0 Å². The van der Waals surface area contributed by atoms with Crippen molar-refractivity contribution in [3.05, 3.63) is 28.5 Å². The summed E-state index contributed by atoms with van der Waals surface area (Å²) in [6.07, 6.45) is 0. The second kappa shape index (κ2) is 5.22. The number of rotatable bonds is 4. The van der Waals surface area contributed by atoms with Crippen LogP contribution in [-0.2, 0) is 10.0 Å². The second-order valence-corrected chi connectivity index (χ2v) is 5.93. The molecule has 7 heteroatoms. The van der Waals surface area contributed by atoms with Gasteiger partial charge in [-0.15, -0.1) is 0 Å². The largest absolute Gasteiger partial charge is 0.329 e. The van der Waals surface area contributed by atoms with E-state index in [4.69, 9.17) is 5.73 Å². The number of hydrogen-bond donors (Lipinski definition) is 2. The van der Waals surface area contributed by atoms with Crippen LogP contribution in [0.1, 0.15) is 6.92 Å². The Bertz CT molecular complexity index is 478. The van der Waals surface area contributed by atoms with Crippen molar-refractivity contribution >= 4 is 26.0 Å². The van der Waals surface area contributed by atoms with E-state index < -0.39 is 21.9 Å². The highest BCUT2D eigenvalue weighted by Crippen LogP contribution is 2.19. The summed E-state index contributed by atoms with van der Waals surface area (Å²) in [5.74, 6) is -0.792. The molecule has 0 amide bonds. The highest BCUT2D eigenvalue weighted by Gasteiger charge is 2.20. The van der Waals surface area contributed by atoms with Crippen LogP contribution in [0, 0.1) is 5.82 Å². The van der Waals surface area contributed by atoms with E-state index in [0.717, 1.165) is 6.07 Å². The Morgan fingerprint density at radius 1 is 1.56 bits per heavy atom. The topological polar surface area (TPSA) is 72.2 Å². The van der Waals surface area contributed by atoms with Crippen molar-refractivity contribution in [3.63, 3.8) is 0 Å². The third kappa shape index (κ3) is 3.24. The predicted molar refractivity (Wildman–Crippen MR) is 62.9 cm³/mol. The van der Waals surface area contributed by atoms with Crippen LogP contribution in [0.2, 0.25) is 0 Å². The molecule has 1 atom stereocenters. The van der Waals surface area contributed by atoms with Gasteiger partial charge in [-0.3, -0.25) is 0 Å². The van der Waals surface area contributed by atoms with E-state index in [9.17, 15) is 12.8 Å². The maximum absolute atomic E-state index is 13.3. The lowest BCUT2D eigenvalue weighted by atomic mass is 10.3. The molecule has 0 saturated heterocycles. The summed E-state index contributed by atoms with van der Waals surface area (Å²) in [7, 11) is -3.86. The maximum Gasteiger partial charge on any atom is 0.243 e. The molecule has 90 valence electrons. The average molecular weight is 311 g/mol. The first-order chi connectivity index (χ1) is 7.36. The van der Waals surface area contributed by atoms with E-state index in [1.165, 1.54) is 12.1 Å². The van der Waals surface area contributed by atoms with Crippen molar-refractivity contribution in [1.82, 2.24) is 4.72 Å². The number of sulfonamides is 1. The second-order valence-electron chi connectivity index (χ2n) is 3.33. The maximum atomic E-state index is 13.3. The molecule has 1 aromatic carbocycles. The Balaban J connectivity index is 3.12. The number of nitrogens with one attached hydrogen (secondary N) is 1. The third-order valence-electron chi connectivity index (χ3n) is 1.89. The third-order valence-corrected chi connectivity index (χ3v) is 3.99. The zero-order valence-corrected chi connectivity index (χ0v) is 11.0. The zero-order chi connectivity index (χ0) is 12.3. The first-order valence-corrected chi connectivity index (χ1v) is 6.82. The molecule has 0 aliphatic carbocycles. The Morgan fingerprint density at radius 3 is 2.75 bits per heavy atom. The van der Waals surface area contributed by atoms with Gasteiger partial charge in [-0.2, -0.15) is 0 Å². The molecule has 0 fully saturated rings. The highest BCUT2D eigenvalue weighted by molar-refractivity contribution is 9.10. The summed E-state index contributed by atoms with van der Waals surface area (Å²) in [5, 5.41) is 0. The predicted octanol–water partition coefficient (Wildman–Crippen LogP) is 1.21. The summed E-state index contributed by atoms with van der Waals surface area (Å²) in [5.41, 5.74) is 5.30. The van der Waals surface area contributed by atoms with Gasteiger partial charge in [0.05, 0.1) is 0 Å². The molecular weight excluding hydrogens is 299 g/mol. The minimum Gasteiger partial charge on any atom is -0.329 e. The molecule has 0 radical (unpaired) electrons. The molecule has 16 heavy (non-hydrogen) atoms. The summed E-state index contributed by atoms with van der Waals surface area (Å²) in [4.78, 5) is -0.387. The molecule has 0 aromatic heterocycles. The zero-order valence-electron chi connectivity index (χ0n) is 8.57. The van der Waals surface area contributed by atoms with Crippen molar-refractivity contribution in [2.45, 2.75) is 17.9 Å². The van der Waals surface area contributed by atoms with E-state index in [2.05, 4.69) is 20.7 Å². The molecule has 1 aromatic rings. The molecule has 0 unspecified atom stereocenters. The Morgan fingerprint density at radius 2 is 2.19 bits per heavy atom. The smallest absolute Gasteiger partial charge is 0.243 e. The van der Waals surface area contributed by atoms with E-state index in [0.29, 0.717) is 4.47 Å². The molecule has 0 bridgehead atoms. The fraction of sp³-hybridized carbons (Fsp3) is 0.333. The van der Waals surface area contributed by atoms with Crippen molar-refractivity contribution in [3.8, 4) is 0 Å². The van der Waals surface area contributed by atoms with Crippen molar-refractivity contribution in [2.75, 3.05) is 6.54 Å². The first-order valence-electron chi connectivity index (χ1n) is 4.54. The summed E-state index contributed by atoms with van der Waals surface area (Å²) in [6, 6.07) is 3.29. The van der Waals surface area contributed by atoms with Gasteiger partial charge < -0.3 is 5.73 Å². The number of benzene rings is 1. The number of nitrogens with two attached hydrogens (primary N) is 1. The summed E-state index contributed by atoms with van der Waals surface area (Å²) < 4.78 is 39.6. The normalized spacial score (nSPS) is 13.8. The quantitative estimate of drug-likeness (QED) is 0.878. The van der Waals surface area contributed by atoms with Crippen molar-refractivity contribution < 1.29 is 12.8 Å². The van der Waals surface area contributed by atoms with Gasteiger partial charge >= 0.3 is 0 Å². The van der Waals surface area contributed by atoms with Crippen LogP contribution in [-0.4, -0.2) is 21.0 Å². The van der Waals surface area contributed by atoms with Crippen LogP contribution in [0.3, 0.4) is 0 Å². The minimum atomic E-state index is -3.86. The van der Waals surface area contributed by atoms with Gasteiger partial charge in [0.2, 0.25) is 10.0 Å². The fourth-order valence-corrected chi connectivity index (χ4v) is 2.93. The Kier molecular flexibility index (Phi) is 4.43. The molecule has 3 N–H and O–H groups in total. The van der Waals surface area contributed by atoms with Crippen LogP contribution < -0.4 is 10.5 Å². The van der Waals surface area contributed by atoms with Gasteiger partial charge in [0.15, 0.2) is 0 Å². The lowest BCUT2D eigenvalue weighted by Crippen LogP contribution is -2.38. The molecule has 0 aliphatic heterocycles. The molecule has 1 rings (SSSR count). The van der Waals surface area contributed by atoms with Gasteiger partial charge in [-0.25, -0.2) is 17.5 Å². The lowest BCUT2D eigenvalue weighted by Gasteiger charge is -2.12. The van der Waals surface area contributed by atoms with Crippen molar-refractivity contribution in [2.24, 2.45) is 5.73 Å². The van der Waals surface area contributed by atoms with Gasteiger partial charge in [-0.1, -0.05) is 15.9 Å². The Hall–Kier alpha value is -0.500. The molecular formula is C9H12BrFN2O2S. The fourth-order valence-electron chi connectivity index (χ4n) is 1.06. The number of hydrogen-bond acceptors (Lipinski definition) is 3. The van der Waals surface area contributed by atoms with Crippen molar-refractivity contribution in [1.29, 1.82) is 0 Å². The van der Waals surface area contributed by atoms with Crippen LogP contribution in [0.15, 0.2) is 27.6 Å². The molecule has 0 heterocycles. The Labute approximate surface area is 102 Å². The number of halogens is 2. The SMILES string of the molecule is C[C@@H](CN)NS(=O)(=O)c1cc(Br)ccc1F. The average Bonchev–Trinajstić information content (AvgIpc) is 2.20. The molecule has 0 saturated carbocycles. The van der Waals surface area contributed by atoms with Crippen LogP contribution >= 0.6 is 15.9 Å². The first kappa shape index (κ1) is 13.6. The van der Waals surface area contributed by atoms with Gasteiger partial charge in [0.25, 0.3) is 0 Å². The highest BCUT2D eigenvalue weighted by atomic mass is 79.9. The van der Waals surface area contributed by atoms with E-state index >= 15 is 0 Å². The van der Waals surface area contributed by atoms with Crippen LogP contribution in [0.4, 0.5) is 4.39 Å². The van der Waals surface area contributed by atoms with E-state index in [1.54, 1.807) is 6.92 Å².